The van der Waals surface area contributed by atoms with Crippen molar-refractivity contribution in [2.24, 2.45) is 0 Å². The molecule has 0 aliphatic rings. The van der Waals surface area contributed by atoms with Gasteiger partial charge in [-0.15, -0.1) is 13.2 Å². The normalized spacial score (nSPS) is 12.1. The molecule has 12 heteroatoms. The molecule has 3 aromatic rings. The van der Waals surface area contributed by atoms with Crippen LogP contribution in [0.15, 0.2) is 54.9 Å². The molecule has 3 rings (SSSR count). The van der Waals surface area contributed by atoms with Crippen molar-refractivity contribution in [3.05, 3.63) is 89.0 Å². The summed E-state index contributed by atoms with van der Waals surface area (Å²) in [6, 6.07) is 5.79. The third kappa shape index (κ3) is 5.79. The number of nitrogens with one attached hydrogen (secondary N) is 1. The average molecular weight is 467 g/mol. The number of pyridine rings is 2. The third-order valence-corrected chi connectivity index (χ3v) is 4.27. The summed E-state index contributed by atoms with van der Waals surface area (Å²) in [5.41, 5.74) is -0.537. The minimum absolute atomic E-state index is 0.0729. The Kier molecular flexibility index (Phi) is 6.85. The van der Waals surface area contributed by atoms with E-state index in [2.05, 4.69) is 24.8 Å². The number of benzene rings is 1. The highest BCUT2D eigenvalue weighted by molar-refractivity contribution is 5.94. The molecule has 0 unspecified atom stereocenters. The van der Waals surface area contributed by atoms with E-state index in [1.165, 1.54) is 31.5 Å². The molecule has 0 radical (unpaired) electrons. The second-order valence-electron chi connectivity index (χ2n) is 6.44. The molecule has 1 N–H and O–H groups in total. The van der Waals surface area contributed by atoms with Crippen molar-refractivity contribution in [1.82, 2.24) is 15.3 Å². The number of esters is 1. The van der Waals surface area contributed by atoms with Crippen molar-refractivity contribution in [3.8, 4) is 5.75 Å². The van der Waals surface area contributed by atoms with Gasteiger partial charge in [0.2, 0.25) is 0 Å². The van der Waals surface area contributed by atoms with E-state index in [9.17, 15) is 31.5 Å². The lowest BCUT2D eigenvalue weighted by molar-refractivity contribution is -0.275. The van der Waals surface area contributed by atoms with E-state index in [1.54, 1.807) is 0 Å². The number of carbonyl (C=O) groups is 2. The molecular weight excluding hydrogens is 453 g/mol. The zero-order chi connectivity index (χ0) is 24.2. The highest BCUT2D eigenvalue weighted by Gasteiger charge is 2.33. The summed E-state index contributed by atoms with van der Waals surface area (Å²) in [4.78, 5) is 31.9. The Morgan fingerprint density at radius 2 is 1.79 bits per heavy atom. The number of rotatable bonds is 6. The van der Waals surface area contributed by atoms with Crippen LogP contribution in [0.25, 0.3) is 0 Å². The van der Waals surface area contributed by atoms with Gasteiger partial charge in [-0.05, 0) is 42.0 Å². The molecule has 0 fully saturated rings. The second kappa shape index (κ2) is 9.59. The van der Waals surface area contributed by atoms with Gasteiger partial charge >= 0.3 is 12.3 Å². The van der Waals surface area contributed by atoms with Gasteiger partial charge in [-0.25, -0.2) is 13.6 Å². The monoisotopic (exact) mass is 467 g/mol. The van der Waals surface area contributed by atoms with Crippen molar-refractivity contribution in [2.75, 3.05) is 7.11 Å². The molecule has 1 atom stereocenters. The first-order valence-electron chi connectivity index (χ1n) is 9.10. The highest BCUT2D eigenvalue weighted by atomic mass is 19.4. The average Bonchev–Trinajstić information content (AvgIpc) is 2.78. The largest absolute Gasteiger partial charge is 0.573 e. The first-order valence-corrected chi connectivity index (χ1v) is 9.10. The maximum atomic E-state index is 14.4. The number of hydrogen-bond donors (Lipinski definition) is 1. The Morgan fingerprint density at radius 3 is 2.36 bits per heavy atom. The number of halogens is 5. The fourth-order valence-electron chi connectivity index (χ4n) is 2.80. The van der Waals surface area contributed by atoms with Gasteiger partial charge in [0.15, 0.2) is 11.6 Å². The number of hydrogen-bond acceptors (Lipinski definition) is 6. The molecular formula is C21H14F5N3O4. The van der Waals surface area contributed by atoms with Gasteiger partial charge in [-0.2, -0.15) is 0 Å². The van der Waals surface area contributed by atoms with Crippen molar-refractivity contribution in [3.63, 3.8) is 0 Å². The Balaban J connectivity index is 1.95. The van der Waals surface area contributed by atoms with Crippen molar-refractivity contribution in [1.29, 1.82) is 0 Å². The van der Waals surface area contributed by atoms with E-state index < -0.39 is 41.7 Å². The van der Waals surface area contributed by atoms with Crippen molar-refractivity contribution >= 4 is 11.9 Å². The number of aromatic nitrogens is 2. The Hall–Kier alpha value is -4.09. The minimum Gasteiger partial charge on any atom is -0.465 e. The summed E-state index contributed by atoms with van der Waals surface area (Å²) in [6.07, 6.45) is -2.82. The number of methoxy groups -OCH3 is 1. The van der Waals surface area contributed by atoms with Gasteiger partial charge in [0.25, 0.3) is 5.91 Å². The summed E-state index contributed by atoms with van der Waals surface area (Å²) in [5, 5.41) is 2.41. The Labute approximate surface area is 183 Å². The SMILES string of the molecule is COC(=O)c1ccc(C(=O)N[C@@H](c2ccc(OC(F)(F)F)c(F)c2)c2ncccc2F)nc1. The van der Waals surface area contributed by atoms with E-state index >= 15 is 0 Å². The van der Waals surface area contributed by atoms with Crippen LogP contribution in [0.4, 0.5) is 22.0 Å². The number of ether oxygens (including phenoxy) is 2. The van der Waals surface area contributed by atoms with Crippen LogP contribution < -0.4 is 10.1 Å². The quantitative estimate of drug-likeness (QED) is 0.436. The van der Waals surface area contributed by atoms with E-state index in [0.29, 0.717) is 12.1 Å². The Bertz CT molecular complexity index is 1170. The van der Waals surface area contributed by atoms with Gasteiger partial charge in [0.1, 0.15) is 17.2 Å². The molecule has 7 nitrogen and oxygen atoms in total. The van der Waals surface area contributed by atoms with Crippen LogP contribution in [0, 0.1) is 11.6 Å². The topological polar surface area (TPSA) is 90.4 Å². The van der Waals surface area contributed by atoms with Crippen LogP contribution in [0.1, 0.15) is 38.1 Å². The third-order valence-electron chi connectivity index (χ3n) is 4.27. The summed E-state index contributed by atoms with van der Waals surface area (Å²) in [7, 11) is 1.17. The molecule has 0 saturated carbocycles. The van der Waals surface area contributed by atoms with Gasteiger partial charge < -0.3 is 14.8 Å². The van der Waals surface area contributed by atoms with Crippen LogP contribution >= 0.6 is 0 Å². The van der Waals surface area contributed by atoms with Crippen LogP contribution in [0.3, 0.4) is 0 Å². The number of carbonyl (C=O) groups excluding carboxylic acids is 2. The van der Waals surface area contributed by atoms with Gasteiger partial charge in [0.05, 0.1) is 18.7 Å². The molecule has 0 bridgehead atoms. The number of amides is 1. The lowest BCUT2D eigenvalue weighted by Crippen LogP contribution is -2.31. The van der Waals surface area contributed by atoms with Crippen LogP contribution in [0.2, 0.25) is 0 Å². The summed E-state index contributed by atoms with van der Waals surface area (Å²) >= 11 is 0. The molecule has 2 heterocycles. The van der Waals surface area contributed by atoms with E-state index in [-0.39, 0.29) is 22.5 Å². The maximum Gasteiger partial charge on any atom is 0.573 e. The molecule has 172 valence electrons. The zero-order valence-electron chi connectivity index (χ0n) is 16.7. The van der Waals surface area contributed by atoms with Gasteiger partial charge in [0, 0.05) is 12.4 Å². The summed E-state index contributed by atoms with van der Waals surface area (Å²) < 4.78 is 74.1. The fraction of sp³-hybridized carbons (Fsp3) is 0.143. The predicted molar refractivity (Wildman–Crippen MR) is 102 cm³/mol. The lowest BCUT2D eigenvalue weighted by Gasteiger charge is -2.20. The van der Waals surface area contributed by atoms with Gasteiger partial charge in [-0.3, -0.25) is 14.8 Å². The van der Waals surface area contributed by atoms with Crippen molar-refractivity contribution < 1.29 is 41.0 Å². The van der Waals surface area contributed by atoms with Crippen LogP contribution in [-0.2, 0) is 4.74 Å². The molecule has 1 amide bonds. The maximum absolute atomic E-state index is 14.4. The molecule has 0 aliphatic carbocycles. The molecule has 33 heavy (non-hydrogen) atoms. The molecule has 0 aliphatic heterocycles. The van der Waals surface area contributed by atoms with Crippen molar-refractivity contribution in [2.45, 2.75) is 12.4 Å². The lowest BCUT2D eigenvalue weighted by atomic mass is 10.0. The van der Waals surface area contributed by atoms with E-state index in [1.807, 2.05) is 0 Å². The summed E-state index contributed by atoms with van der Waals surface area (Å²) in [6.45, 7) is 0. The Morgan fingerprint density at radius 1 is 1.03 bits per heavy atom. The first kappa shape index (κ1) is 23.6. The molecule has 0 spiro atoms. The molecule has 0 saturated heterocycles. The number of alkyl halides is 3. The zero-order valence-corrected chi connectivity index (χ0v) is 16.7. The van der Waals surface area contributed by atoms with Gasteiger partial charge in [-0.1, -0.05) is 6.07 Å². The van der Waals surface area contributed by atoms with E-state index in [4.69, 9.17) is 0 Å². The summed E-state index contributed by atoms with van der Waals surface area (Å²) in [5.74, 6) is -4.87. The minimum atomic E-state index is -5.12. The molecule has 2 aromatic heterocycles. The first-order chi connectivity index (χ1) is 15.6. The fourth-order valence-corrected chi connectivity index (χ4v) is 2.80. The second-order valence-corrected chi connectivity index (χ2v) is 6.44. The van der Waals surface area contributed by atoms with Crippen LogP contribution in [0.5, 0.6) is 5.75 Å². The smallest absolute Gasteiger partial charge is 0.465 e. The standard InChI is InChI=1S/C21H14F5N3O4/c1-32-20(31)12-4-6-15(28-10-12)19(30)29-17(18-13(22)3-2-8-27-18)11-5-7-16(14(23)9-11)33-21(24,25)26/h2-10,17H,1H3,(H,29,30)/t17-/m0/s1. The number of nitrogens with zero attached hydrogens (tertiary/aromatic N) is 2. The van der Waals surface area contributed by atoms with Crippen LogP contribution in [-0.4, -0.2) is 35.3 Å². The molecule has 1 aromatic carbocycles. The predicted octanol–water partition coefficient (Wildman–Crippen LogP) is 3.96. The van der Waals surface area contributed by atoms with E-state index in [0.717, 1.165) is 18.3 Å². The highest BCUT2D eigenvalue weighted by Crippen LogP contribution is 2.30.